The van der Waals surface area contributed by atoms with Gasteiger partial charge < -0.3 is 11.5 Å². The van der Waals surface area contributed by atoms with Crippen molar-refractivity contribution < 1.29 is 18.9 Å². The highest BCUT2D eigenvalue weighted by Crippen LogP contribution is 2.32. The predicted octanol–water partition coefficient (Wildman–Crippen LogP) is 1.03. The largest absolute Gasteiger partial charge is 0.416 e. The van der Waals surface area contributed by atoms with Gasteiger partial charge in [-0.3, -0.25) is 0 Å². The molecule has 72 valence electrons. The molecule has 0 saturated carbocycles. The van der Waals surface area contributed by atoms with E-state index in [0.29, 0.717) is 0 Å². The Labute approximate surface area is 73.3 Å². The zero-order valence-corrected chi connectivity index (χ0v) is 6.86. The molecule has 0 aromatic heterocycles. The minimum atomic E-state index is -4.34. The first-order valence-corrected chi connectivity index (χ1v) is 3.70. The maximum atomic E-state index is 12.3. The number of benzene rings is 1. The fourth-order valence-corrected chi connectivity index (χ4v) is 1.08. The smallest absolute Gasteiger partial charge is 0.399 e. The zero-order valence-electron chi connectivity index (χ0n) is 6.86. The molecule has 0 unspecified atom stereocenters. The van der Waals surface area contributed by atoms with E-state index in [4.69, 9.17) is 5.73 Å². The Kier molecular flexibility index (Phi) is 2.47. The van der Waals surface area contributed by atoms with E-state index in [0.717, 1.165) is 6.07 Å². The summed E-state index contributed by atoms with van der Waals surface area (Å²) in [6.45, 7) is 0.106. The highest BCUT2D eigenvalue weighted by molar-refractivity contribution is 5.45. The van der Waals surface area contributed by atoms with Gasteiger partial charge in [0.2, 0.25) is 0 Å². The molecule has 1 rings (SSSR count). The molecule has 0 heterocycles. The number of hydrogen-bond donors (Lipinski definition) is 2. The normalized spacial score (nSPS) is 11.7. The van der Waals surface area contributed by atoms with Gasteiger partial charge in [0, 0.05) is 11.3 Å². The van der Waals surface area contributed by atoms with Crippen LogP contribution in [0.15, 0.2) is 18.2 Å². The number of nitrogens with two attached hydrogens (primary N) is 1. The third-order valence-electron chi connectivity index (χ3n) is 1.71. The molecule has 5 heteroatoms. The molecule has 0 radical (unpaired) electrons. The number of alkyl halides is 3. The van der Waals surface area contributed by atoms with Gasteiger partial charge in [-0.25, -0.2) is 0 Å². The number of hydrogen-bond acceptors (Lipinski definition) is 1. The fraction of sp³-hybridized carbons (Fsp3) is 0.250. The van der Waals surface area contributed by atoms with Crippen molar-refractivity contribution in [1.82, 2.24) is 0 Å². The Morgan fingerprint density at radius 3 is 2.38 bits per heavy atom. The van der Waals surface area contributed by atoms with Crippen LogP contribution in [0, 0.1) is 0 Å². The second-order valence-electron chi connectivity index (χ2n) is 2.66. The lowest BCUT2D eigenvalue weighted by molar-refractivity contribution is -0.387. The second-order valence-corrected chi connectivity index (χ2v) is 2.66. The summed E-state index contributed by atoms with van der Waals surface area (Å²) < 4.78 is 37.0. The maximum absolute atomic E-state index is 12.3. The SMILES string of the molecule is Nc1ccc(C[NH3+])c(C(F)(F)F)c1. The molecular formula is C8H10F3N2+. The van der Waals surface area contributed by atoms with E-state index in [-0.39, 0.29) is 17.8 Å². The van der Waals surface area contributed by atoms with Crippen molar-refractivity contribution in [2.24, 2.45) is 0 Å². The highest BCUT2D eigenvalue weighted by atomic mass is 19.4. The topological polar surface area (TPSA) is 53.7 Å². The summed E-state index contributed by atoms with van der Waals surface area (Å²) in [7, 11) is 0. The summed E-state index contributed by atoms with van der Waals surface area (Å²) in [5.41, 5.74) is 8.27. The first kappa shape index (κ1) is 9.85. The number of nitrogen functional groups attached to an aromatic ring is 1. The molecule has 0 aliphatic carbocycles. The van der Waals surface area contributed by atoms with Gasteiger partial charge >= 0.3 is 6.18 Å². The summed E-state index contributed by atoms with van der Waals surface area (Å²) >= 11 is 0. The monoisotopic (exact) mass is 191 g/mol. The summed E-state index contributed by atoms with van der Waals surface area (Å²) in [6, 6.07) is 3.72. The van der Waals surface area contributed by atoms with E-state index in [1.165, 1.54) is 12.1 Å². The van der Waals surface area contributed by atoms with E-state index >= 15 is 0 Å². The third-order valence-corrected chi connectivity index (χ3v) is 1.71. The average Bonchev–Trinajstić information content (AvgIpc) is 2.03. The molecule has 1 aromatic carbocycles. The molecule has 2 nitrogen and oxygen atoms in total. The summed E-state index contributed by atoms with van der Waals surface area (Å²) in [4.78, 5) is 0. The quantitative estimate of drug-likeness (QED) is 0.640. The Bertz CT molecular complexity index is 307. The molecule has 0 aliphatic heterocycles. The maximum Gasteiger partial charge on any atom is 0.416 e. The van der Waals surface area contributed by atoms with Crippen LogP contribution in [-0.4, -0.2) is 0 Å². The van der Waals surface area contributed by atoms with Gasteiger partial charge in [-0.1, -0.05) is 6.07 Å². The molecule has 0 atom stereocenters. The van der Waals surface area contributed by atoms with Gasteiger partial charge in [-0.2, -0.15) is 13.2 Å². The summed E-state index contributed by atoms with van der Waals surface area (Å²) in [6.07, 6.45) is -4.34. The number of rotatable bonds is 1. The highest BCUT2D eigenvalue weighted by Gasteiger charge is 2.33. The van der Waals surface area contributed by atoms with Crippen molar-refractivity contribution in [3.05, 3.63) is 29.3 Å². The summed E-state index contributed by atoms with van der Waals surface area (Å²) in [5.74, 6) is 0. The zero-order chi connectivity index (χ0) is 10.1. The van der Waals surface area contributed by atoms with Crippen molar-refractivity contribution in [2.75, 3.05) is 5.73 Å². The summed E-state index contributed by atoms with van der Waals surface area (Å²) in [5, 5.41) is 0. The Balaban J connectivity index is 3.24. The molecule has 0 bridgehead atoms. The predicted molar refractivity (Wildman–Crippen MR) is 42.4 cm³/mol. The van der Waals surface area contributed by atoms with Gasteiger partial charge in [-0.05, 0) is 12.1 Å². The molecular weight excluding hydrogens is 181 g/mol. The van der Waals surface area contributed by atoms with Crippen molar-refractivity contribution >= 4 is 5.69 Å². The van der Waals surface area contributed by atoms with Crippen LogP contribution in [0.25, 0.3) is 0 Å². The van der Waals surface area contributed by atoms with E-state index in [2.05, 4.69) is 5.73 Å². The number of halogens is 3. The second kappa shape index (κ2) is 3.26. The van der Waals surface area contributed by atoms with E-state index in [9.17, 15) is 13.2 Å². The van der Waals surface area contributed by atoms with Gasteiger partial charge in [0.1, 0.15) is 6.54 Å². The number of quaternary nitrogens is 1. The van der Waals surface area contributed by atoms with Gasteiger partial charge in [-0.15, -0.1) is 0 Å². The van der Waals surface area contributed by atoms with Crippen LogP contribution < -0.4 is 11.5 Å². The Hall–Kier alpha value is -1.23. The average molecular weight is 191 g/mol. The van der Waals surface area contributed by atoms with Crippen molar-refractivity contribution in [1.29, 1.82) is 0 Å². The molecule has 0 amide bonds. The minimum absolute atomic E-state index is 0.106. The van der Waals surface area contributed by atoms with Crippen LogP contribution in [0.3, 0.4) is 0 Å². The molecule has 0 spiro atoms. The van der Waals surface area contributed by atoms with E-state index in [1.54, 1.807) is 0 Å². The van der Waals surface area contributed by atoms with Crippen molar-refractivity contribution in [3.8, 4) is 0 Å². The van der Waals surface area contributed by atoms with Crippen molar-refractivity contribution in [2.45, 2.75) is 12.7 Å². The lowest BCUT2D eigenvalue weighted by Gasteiger charge is -2.10. The Morgan fingerprint density at radius 2 is 1.92 bits per heavy atom. The van der Waals surface area contributed by atoms with Crippen LogP contribution in [0.2, 0.25) is 0 Å². The van der Waals surface area contributed by atoms with Crippen LogP contribution in [0.5, 0.6) is 0 Å². The van der Waals surface area contributed by atoms with E-state index < -0.39 is 11.7 Å². The standard InChI is InChI=1S/C8H9F3N2/c9-8(10,11)7-3-6(13)2-1-5(7)4-12/h1-3H,4,12-13H2/p+1. The molecule has 5 N–H and O–H groups in total. The Morgan fingerprint density at radius 1 is 1.31 bits per heavy atom. The van der Waals surface area contributed by atoms with Crippen LogP contribution >= 0.6 is 0 Å². The van der Waals surface area contributed by atoms with Gasteiger partial charge in [0.05, 0.1) is 5.56 Å². The van der Waals surface area contributed by atoms with Crippen LogP contribution in [-0.2, 0) is 12.7 Å². The first-order chi connectivity index (χ1) is 5.95. The third kappa shape index (κ3) is 2.12. The first-order valence-electron chi connectivity index (χ1n) is 3.70. The van der Waals surface area contributed by atoms with Gasteiger partial charge in [0.25, 0.3) is 0 Å². The van der Waals surface area contributed by atoms with Crippen LogP contribution in [0.1, 0.15) is 11.1 Å². The fourth-order valence-electron chi connectivity index (χ4n) is 1.08. The van der Waals surface area contributed by atoms with Crippen LogP contribution in [0.4, 0.5) is 18.9 Å². The molecule has 0 saturated heterocycles. The molecule has 0 fully saturated rings. The van der Waals surface area contributed by atoms with Crippen molar-refractivity contribution in [3.63, 3.8) is 0 Å². The molecule has 1 aromatic rings. The van der Waals surface area contributed by atoms with Gasteiger partial charge in [0.15, 0.2) is 0 Å². The number of anilines is 1. The lowest BCUT2D eigenvalue weighted by Crippen LogP contribution is -2.48. The molecule has 0 aliphatic rings. The lowest BCUT2D eigenvalue weighted by atomic mass is 10.1. The van der Waals surface area contributed by atoms with E-state index in [1.807, 2.05) is 0 Å². The molecule has 13 heavy (non-hydrogen) atoms. The minimum Gasteiger partial charge on any atom is -0.399 e.